The highest BCUT2D eigenvalue weighted by molar-refractivity contribution is 6.07. The molecule has 0 saturated carbocycles. The molecule has 19 heavy (non-hydrogen) atoms. The van der Waals surface area contributed by atoms with E-state index in [9.17, 15) is 9.59 Å². The average molecular weight is 262 g/mol. The molecule has 6 nitrogen and oxygen atoms in total. The van der Waals surface area contributed by atoms with Crippen molar-refractivity contribution < 1.29 is 9.59 Å². The standard InChI is InChI=1S/C13H18N4O2/c1-5-13(4)11(18)17(12(19)16-13)14-7-10-6-8(2)15-9(10)3/h6-7,15H,5H2,1-4H3,(H,16,19)/t13-/m1/s1. The van der Waals surface area contributed by atoms with Crippen LogP contribution in [0.4, 0.5) is 4.79 Å². The molecule has 6 heteroatoms. The van der Waals surface area contributed by atoms with Crippen LogP contribution in [0.15, 0.2) is 11.2 Å². The Hall–Kier alpha value is -2.11. The zero-order valence-corrected chi connectivity index (χ0v) is 11.6. The fourth-order valence-corrected chi connectivity index (χ4v) is 2.01. The Morgan fingerprint density at radius 3 is 2.58 bits per heavy atom. The summed E-state index contributed by atoms with van der Waals surface area (Å²) >= 11 is 0. The lowest BCUT2D eigenvalue weighted by Crippen LogP contribution is -2.42. The highest BCUT2D eigenvalue weighted by atomic mass is 16.2. The third kappa shape index (κ3) is 2.25. The van der Waals surface area contributed by atoms with Crippen molar-refractivity contribution in [3.05, 3.63) is 23.0 Å². The second-order valence-electron chi connectivity index (χ2n) is 5.01. The van der Waals surface area contributed by atoms with Gasteiger partial charge in [-0.3, -0.25) is 4.79 Å². The summed E-state index contributed by atoms with van der Waals surface area (Å²) in [5.41, 5.74) is 1.97. The number of imide groups is 1. The van der Waals surface area contributed by atoms with Crippen molar-refractivity contribution in [2.24, 2.45) is 5.10 Å². The molecule has 1 aromatic heterocycles. The monoisotopic (exact) mass is 262 g/mol. The Labute approximate surface area is 111 Å². The van der Waals surface area contributed by atoms with Crippen LogP contribution in [0.3, 0.4) is 0 Å². The van der Waals surface area contributed by atoms with Crippen molar-refractivity contribution in [2.45, 2.75) is 39.7 Å². The first-order valence-corrected chi connectivity index (χ1v) is 6.24. The first-order chi connectivity index (χ1) is 8.87. The molecule has 2 rings (SSSR count). The van der Waals surface area contributed by atoms with Crippen LogP contribution in [0.5, 0.6) is 0 Å². The smallest absolute Gasteiger partial charge is 0.346 e. The van der Waals surface area contributed by atoms with Crippen LogP contribution in [0, 0.1) is 13.8 Å². The van der Waals surface area contributed by atoms with E-state index in [4.69, 9.17) is 0 Å². The highest BCUT2D eigenvalue weighted by Gasteiger charge is 2.46. The first kappa shape index (κ1) is 13.3. The van der Waals surface area contributed by atoms with Gasteiger partial charge in [-0.05, 0) is 33.3 Å². The number of rotatable bonds is 3. The third-order valence-electron chi connectivity index (χ3n) is 3.45. The molecule has 0 unspecified atom stereocenters. The van der Waals surface area contributed by atoms with Crippen molar-refractivity contribution in [1.29, 1.82) is 0 Å². The second-order valence-corrected chi connectivity index (χ2v) is 5.01. The van der Waals surface area contributed by atoms with Gasteiger partial charge in [0.25, 0.3) is 5.91 Å². The largest absolute Gasteiger partial charge is 0.362 e. The molecule has 1 fully saturated rings. The first-order valence-electron chi connectivity index (χ1n) is 6.24. The molecule has 0 radical (unpaired) electrons. The lowest BCUT2D eigenvalue weighted by molar-refractivity contribution is -0.130. The molecular formula is C13H18N4O2. The minimum atomic E-state index is -0.850. The van der Waals surface area contributed by atoms with Gasteiger partial charge in [0.15, 0.2) is 0 Å². The number of aryl methyl sites for hydroxylation is 2. The zero-order valence-electron chi connectivity index (χ0n) is 11.6. The van der Waals surface area contributed by atoms with E-state index in [-0.39, 0.29) is 5.91 Å². The van der Waals surface area contributed by atoms with Crippen LogP contribution in [-0.2, 0) is 4.79 Å². The summed E-state index contributed by atoms with van der Waals surface area (Å²) in [5, 5.41) is 7.55. The summed E-state index contributed by atoms with van der Waals surface area (Å²) in [4.78, 5) is 27.0. The predicted octanol–water partition coefficient (Wildman–Crippen LogP) is 1.69. The number of hydrogen-bond donors (Lipinski definition) is 2. The molecule has 2 heterocycles. The van der Waals surface area contributed by atoms with Crippen LogP contribution < -0.4 is 5.32 Å². The van der Waals surface area contributed by atoms with Crippen molar-refractivity contribution in [3.63, 3.8) is 0 Å². The van der Waals surface area contributed by atoms with Gasteiger partial charge in [-0.2, -0.15) is 5.10 Å². The van der Waals surface area contributed by atoms with E-state index in [1.807, 2.05) is 26.8 Å². The summed E-state index contributed by atoms with van der Waals surface area (Å²) in [6.07, 6.45) is 2.06. The molecule has 0 aromatic carbocycles. The minimum absolute atomic E-state index is 0.318. The quantitative estimate of drug-likeness (QED) is 0.642. The molecule has 2 N–H and O–H groups in total. The number of aromatic amines is 1. The SMILES string of the molecule is CC[C@@]1(C)NC(=O)N(N=Cc2cc(C)[nH]c2C)C1=O. The van der Waals surface area contributed by atoms with Gasteiger partial charge in [-0.25, -0.2) is 4.79 Å². The number of amides is 3. The average Bonchev–Trinajstić information content (AvgIpc) is 2.77. The maximum Gasteiger partial charge on any atom is 0.346 e. The summed E-state index contributed by atoms with van der Waals surface area (Å²) in [6, 6.07) is 1.44. The van der Waals surface area contributed by atoms with Gasteiger partial charge in [-0.1, -0.05) is 6.92 Å². The molecule has 1 atom stereocenters. The number of urea groups is 1. The molecule has 1 aliphatic heterocycles. The lowest BCUT2D eigenvalue weighted by Gasteiger charge is -2.17. The zero-order chi connectivity index (χ0) is 14.2. The van der Waals surface area contributed by atoms with Crippen LogP contribution in [0.1, 0.15) is 37.2 Å². The third-order valence-corrected chi connectivity index (χ3v) is 3.45. The normalized spacial score (nSPS) is 23.5. The fourth-order valence-electron chi connectivity index (χ4n) is 2.01. The van der Waals surface area contributed by atoms with Crippen molar-refractivity contribution in [1.82, 2.24) is 15.3 Å². The van der Waals surface area contributed by atoms with Crippen molar-refractivity contribution >= 4 is 18.2 Å². The molecule has 0 spiro atoms. The minimum Gasteiger partial charge on any atom is -0.362 e. The summed E-state index contributed by atoms with van der Waals surface area (Å²) in [5.74, 6) is -0.318. The van der Waals surface area contributed by atoms with Crippen LogP contribution in [-0.4, -0.2) is 33.7 Å². The van der Waals surface area contributed by atoms with Gasteiger partial charge in [0.05, 0.1) is 6.21 Å². The number of hydrazone groups is 1. The molecule has 102 valence electrons. The molecule has 0 aliphatic carbocycles. The molecule has 0 bridgehead atoms. The molecule has 1 aromatic rings. The summed E-state index contributed by atoms with van der Waals surface area (Å²) < 4.78 is 0. The summed E-state index contributed by atoms with van der Waals surface area (Å²) in [6.45, 7) is 7.40. The van der Waals surface area contributed by atoms with E-state index in [0.717, 1.165) is 22.0 Å². The Bertz CT molecular complexity index is 561. The molecular weight excluding hydrogens is 244 g/mol. The number of hydrogen-bond acceptors (Lipinski definition) is 3. The number of nitrogens with zero attached hydrogens (tertiary/aromatic N) is 2. The Kier molecular flexibility index (Phi) is 3.18. The van der Waals surface area contributed by atoms with E-state index in [0.29, 0.717) is 6.42 Å². The van der Waals surface area contributed by atoms with E-state index in [1.54, 1.807) is 6.92 Å². The van der Waals surface area contributed by atoms with Crippen molar-refractivity contribution in [2.75, 3.05) is 0 Å². The Balaban J connectivity index is 2.22. The Morgan fingerprint density at radius 1 is 1.42 bits per heavy atom. The van der Waals surface area contributed by atoms with E-state index in [1.165, 1.54) is 6.21 Å². The number of carbonyl (C=O) groups excluding carboxylic acids is 2. The van der Waals surface area contributed by atoms with Gasteiger partial charge in [0.1, 0.15) is 5.54 Å². The number of H-pyrrole nitrogens is 1. The second kappa shape index (κ2) is 4.53. The molecule has 1 saturated heterocycles. The van der Waals surface area contributed by atoms with Crippen LogP contribution in [0.2, 0.25) is 0 Å². The summed E-state index contributed by atoms with van der Waals surface area (Å²) in [7, 11) is 0. The van der Waals surface area contributed by atoms with Gasteiger partial charge in [-0.15, -0.1) is 5.01 Å². The van der Waals surface area contributed by atoms with Crippen molar-refractivity contribution in [3.8, 4) is 0 Å². The number of carbonyl (C=O) groups is 2. The van der Waals surface area contributed by atoms with Crippen LogP contribution >= 0.6 is 0 Å². The topological polar surface area (TPSA) is 77.6 Å². The van der Waals surface area contributed by atoms with E-state index < -0.39 is 11.6 Å². The molecule has 3 amide bonds. The highest BCUT2D eigenvalue weighted by Crippen LogP contribution is 2.21. The lowest BCUT2D eigenvalue weighted by atomic mass is 10.00. The van der Waals surface area contributed by atoms with E-state index >= 15 is 0 Å². The maximum atomic E-state index is 12.1. The molecule has 1 aliphatic rings. The predicted molar refractivity (Wildman–Crippen MR) is 71.9 cm³/mol. The Morgan fingerprint density at radius 2 is 2.11 bits per heavy atom. The van der Waals surface area contributed by atoms with E-state index in [2.05, 4.69) is 15.4 Å². The van der Waals surface area contributed by atoms with Crippen LogP contribution in [0.25, 0.3) is 0 Å². The fraction of sp³-hybridized carbons (Fsp3) is 0.462. The maximum absolute atomic E-state index is 12.1. The van der Waals surface area contributed by atoms with Gasteiger partial charge < -0.3 is 10.3 Å². The number of aromatic nitrogens is 1. The van der Waals surface area contributed by atoms with Gasteiger partial charge in [0.2, 0.25) is 0 Å². The van der Waals surface area contributed by atoms with Gasteiger partial charge >= 0.3 is 6.03 Å². The number of nitrogens with one attached hydrogen (secondary N) is 2. The van der Waals surface area contributed by atoms with Gasteiger partial charge in [0, 0.05) is 17.0 Å².